The van der Waals surface area contributed by atoms with Gasteiger partial charge < -0.3 is 10.7 Å². The largest absolute Gasteiger partial charge is 0.397 e. The van der Waals surface area contributed by atoms with Crippen LogP contribution < -0.4 is 10.5 Å². The quantitative estimate of drug-likeness (QED) is 0.739. The molecule has 1 heterocycles. The third-order valence-corrected chi connectivity index (χ3v) is 4.26. The van der Waals surface area contributed by atoms with Crippen molar-refractivity contribution in [2.45, 2.75) is 18.4 Å². The highest BCUT2D eigenvalue weighted by atomic mass is 79.9. The van der Waals surface area contributed by atoms with Gasteiger partial charge in [-0.1, -0.05) is 22.9 Å². The molecule has 8 heteroatoms. The van der Waals surface area contributed by atoms with E-state index in [0.717, 1.165) is 4.47 Å². The van der Waals surface area contributed by atoms with E-state index in [1.54, 1.807) is 18.2 Å². The van der Waals surface area contributed by atoms with Gasteiger partial charge in [0, 0.05) is 10.9 Å². The fourth-order valence-electron chi connectivity index (χ4n) is 1.49. The Morgan fingerprint density at radius 3 is 2.79 bits per heavy atom. The fourth-order valence-corrected chi connectivity index (χ4v) is 2.89. The summed E-state index contributed by atoms with van der Waals surface area (Å²) in [5, 5.41) is 0.0201. The number of rotatable bonds is 4. The number of nitrogens with two attached hydrogens (primary N) is 1. The van der Waals surface area contributed by atoms with E-state index >= 15 is 0 Å². The summed E-state index contributed by atoms with van der Waals surface area (Å²) in [4.78, 5) is 6.71. The molecule has 6 nitrogen and oxygen atoms in total. The summed E-state index contributed by atoms with van der Waals surface area (Å²) in [6, 6.07) is 4.93. The first kappa shape index (κ1) is 13.9. The molecule has 19 heavy (non-hydrogen) atoms. The lowest BCUT2D eigenvalue weighted by Gasteiger charge is -2.09. The number of aromatic amines is 1. The Labute approximate surface area is 119 Å². The maximum atomic E-state index is 12.1. The summed E-state index contributed by atoms with van der Waals surface area (Å²) in [5.41, 5.74) is 6.43. The Kier molecular flexibility index (Phi) is 3.81. The van der Waals surface area contributed by atoms with Gasteiger partial charge in [-0.3, -0.25) is 4.72 Å². The van der Waals surface area contributed by atoms with E-state index in [2.05, 4.69) is 30.6 Å². The third-order valence-electron chi connectivity index (χ3n) is 2.49. The standard InChI is InChI=1S/C11H13BrN4O2S/c1-2-10-14-6-11(15-10)19(17,18)16-9-4-3-7(12)5-8(9)13/h3-6,16H,2,13H2,1H3,(H,14,15). The van der Waals surface area contributed by atoms with Crippen molar-refractivity contribution < 1.29 is 8.42 Å². The molecule has 4 N–H and O–H groups in total. The minimum absolute atomic E-state index is 0.0201. The molecule has 2 rings (SSSR count). The second-order valence-electron chi connectivity index (χ2n) is 3.88. The average molecular weight is 345 g/mol. The van der Waals surface area contributed by atoms with Crippen molar-refractivity contribution in [2.24, 2.45) is 0 Å². The number of aromatic nitrogens is 2. The number of sulfonamides is 1. The van der Waals surface area contributed by atoms with E-state index < -0.39 is 10.0 Å². The zero-order valence-electron chi connectivity index (χ0n) is 10.1. The molecular weight excluding hydrogens is 332 g/mol. The maximum Gasteiger partial charge on any atom is 0.279 e. The molecule has 0 aliphatic carbocycles. The lowest BCUT2D eigenvalue weighted by Crippen LogP contribution is -2.14. The Morgan fingerprint density at radius 1 is 1.47 bits per heavy atom. The molecule has 0 amide bonds. The highest BCUT2D eigenvalue weighted by molar-refractivity contribution is 9.10. The zero-order chi connectivity index (χ0) is 14.0. The Bertz CT molecular complexity index is 696. The van der Waals surface area contributed by atoms with Crippen molar-refractivity contribution in [3.63, 3.8) is 0 Å². The molecular formula is C11H13BrN4O2S. The van der Waals surface area contributed by atoms with E-state index in [1.807, 2.05) is 6.92 Å². The van der Waals surface area contributed by atoms with Crippen LogP contribution in [-0.2, 0) is 16.4 Å². The second kappa shape index (κ2) is 5.22. The van der Waals surface area contributed by atoms with E-state index in [0.29, 0.717) is 23.6 Å². The van der Waals surface area contributed by atoms with Crippen molar-refractivity contribution in [1.29, 1.82) is 0 Å². The minimum Gasteiger partial charge on any atom is -0.397 e. The van der Waals surface area contributed by atoms with Crippen molar-refractivity contribution in [2.75, 3.05) is 10.5 Å². The van der Waals surface area contributed by atoms with Crippen LogP contribution in [0.4, 0.5) is 11.4 Å². The molecule has 0 aliphatic rings. The van der Waals surface area contributed by atoms with E-state index in [9.17, 15) is 8.42 Å². The number of nitrogens with one attached hydrogen (secondary N) is 2. The molecule has 0 bridgehead atoms. The van der Waals surface area contributed by atoms with Gasteiger partial charge in [0.05, 0.1) is 17.6 Å². The summed E-state index contributed by atoms with van der Waals surface area (Å²) >= 11 is 3.26. The van der Waals surface area contributed by atoms with E-state index in [-0.39, 0.29) is 5.03 Å². The second-order valence-corrected chi connectivity index (χ2v) is 6.45. The predicted octanol–water partition coefficient (Wildman–Crippen LogP) is 2.12. The number of anilines is 2. The molecule has 0 saturated heterocycles. The summed E-state index contributed by atoms with van der Waals surface area (Å²) < 4.78 is 27.4. The van der Waals surface area contributed by atoms with Crippen LogP contribution >= 0.6 is 15.9 Å². The van der Waals surface area contributed by atoms with Gasteiger partial charge in [-0.05, 0) is 18.2 Å². The number of hydrogen-bond acceptors (Lipinski definition) is 4. The first-order valence-corrected chi connectivity index (χ1v) is 7.81. The SMILES string of the molecule is CCc1ncc(S(=O)(=O)Nc2ccc(Br)cc2N)[nH]1. The fraction of sp³-hybridized carbons (Fsp3) is 0.182. The number of hydrogen-bond donors (Lipinski definition) is 3. The minimum atomic E-state index is -3.70. The van der Waals surface area contributed by atoms with Gasteiger partial charge in [-0.25, -0.2) is 4.98 Å². The maximum absolute atomic E-state index is 12.1. The van der Waals surface area contributed by atoms with Crippen LogP contribution in [0.15, 0.2) is 33.9 Å². The number of H-pyrrole nitrogens is 1. The number of nitrogens with zero attached hydrogens (tertiary/aromatic N) is 1. The van der Waals surface area contributed by atoms with Crippen molar-refractivity contribution >= 4 is 37.3 Å². The predicted molar refractivity (Wildman–Crippen MR) is 77.3 cm³/mol. The van der Waals surface area contributed by atoms with Gasteiger partial charge in [0.1, 0.15) is 5.82 Å². The monoisotopic (exact) mass is 344 g/mol. The van der Waals surface area contributed by atoms with Crippen LogP contribution in [0.3, 0.4) is 0 Å². The van der Waals surface area contributed by atoms with Gasteiger partial charge in [-0.2, -0.15) is 8.42 Å². The van der Waals surface area contributed by atoms with Crippen molar-refractivity contribution in [3.8, 4) is 0 Å². The topological polar surface area (TPSA) is 101 Å². The summed E-state index contributed by atoms with van der Waals surface area (Å²) in [5.74, 6) is 0.615. The highest BCUT2D eigenvalue weighted by Crippen LogP contribution is 2.25. The normalized spacial score (nSPS) is 11.5. The molecule has 0 saturated carbocycles. The van der Waals surface area contributed by atoms with Gasteiger partial charge in [-0.15, -0.1) is 0 Å². The van der Waals surface area contributed by atoms with E-state index in [4.69, 9.17) is 5.73 Å². The Balaban J connectivity index is 2.30. The molecule has 102 valence electrons. The summed E-state index contributed by atoms with van der Waals surface area (Å²) in [6.07, 6.45) is 1.92. The summed E-state index contributed by atoms with van der Waals surface area (Å²) in [7, 11) is -3.70. The number of halogens is 1. The van der Waals surface area contributed by atoms with Crippen molar-refractivity contribution in [3.05, 3.63) is 34.7 Å². The van der Waals surface area contributed by atoms with E-state index in [1.165, 1.54) is 6.20 Å². The van der Waals surface area contributed by atoms with Crippen LogP contribution in [0.1, 0.15) is 12.7 Å². The smallest absolute Gasteiger partial charge is 0.279 e. The first-order chi connectivity index (χ1) is 8.92. The van der Waals surface area contributed by atoms with Crippen LogP contribution in [0.5, 0.6) is 0 Å². The third kappa shape index (κ3) is 3.07. The molecule has 2 aromatic rings. The lowest BCUT2D eigenvalue weighted by molar-refractivity contribution is 0.598. The molecule has 1 aromatic heterocycles. The molecule has 0 radical (unpaired) electrons. The number of nitrogen functional groups attached to an aromatic ring is 1. The average Bonchev–Trinajstić information content (AvgIpc) is 2.82. The van der Waals surface area contributed by atoms with Gasteiger partial charge in [0.15, 0.2) is 5.03 Å². The van der Waals surface area contributed by atoms with Crippen molar-refractivity contribution in [1.82, 2.24) is 9.97 Å². The zero-order valence-corrected chi connectivity index (χ0v) is 12.5. The van der Waals surface area contributed by atoms with Crippen LogP contribution in [0.2, 0.25) is 0 Å². The van der Waals surface area contributed by atoms with Gasteiger partial charge >= 0.3 is 0 Å². The Morgan fingerprint density at radius 2 is 2.21 bits per heavy atom. The highest BCUT2D eigenvalue weighted by Gasteiger charge is 2.18. The van der Waals surface area contributed by atoms with Crippen LogP contribution in [0, 0.1) is 0 Å². The van der Waals surface area contributed by atoms with Gasteiger partial charge in [0.2, 0.25) is 0 Å². The van der Waals surface area contributed by atoms with Crippen LogP contribution in [-0.4, -0.2) is 18.4 Å². The summed E-state index contributed by atoms with van der Waals surface area (Å²) in [6.45, 7) is 1.88. The number of aryl methyl sites for hydroxylation is 1. The molecule has 0 fully saturated rings. The van der Waals surface area contributed by atoms with Gasteiger partial charge in [0.25, 0.3) is 10.0 Å². The Hall–Kier alpha value is -1.54. The molecule has 0 atom stereocenters. The number of imidazole rings is 1. The molecule has 1 aromatic carbocycles. The molecule has 0 spiro atoms. The molecule has 0 aliphatic heterocycles. The van der Waals surface area contributed by atoms with Crippen LogP contribution in [0.25, 0.3) is 0 Å². The molecule has 0 unspecified atom stereocenters. The first-order valence-electron chi connectivity index (χ1n) is 5.54. The number of benzene rings is 1. The lowest BCUT2D eigenvalue weighted by atomic mass is 10.3.